The molecule has 4 aromatic rings. The highest BCUT2D eigenvalue weighted by molar-refractivity contribution is 6.32. The number of rotatable bonds is 5. The highest BCUT2D eigenvalue weighted by Gasteiger charge is 2.50. The van der Waals surface area contributed by atoms with Crippen LogP contribution in [0.4, 0.5) is 0 Å². The predicted octanol–water partition coefficient (Wildman–Crippen LogP) is 3.83. The number of nitrogens with zero attached hydrogens (tertiary/aromatic N) is 6. The molecule has 1 aliphatic carbocycles. The van der Waals surface area contributed by atoms with Gasteiger partial charge in [0, 0.05) is 13.2 Å². The standard InChI is InChI=1S/C21H19ClN6O3/c1-4-11(2)28-16-12(9-23)13(22)5-6-14(16)27-10-24-15(17(27)19(28)29)18-25-20(31-26-18)21(30-3)7-8-21/h5-6,10-11H,4,7-8H2,1-3H3. The average molecular weight is 439 g/mol. The first-order valence-corrected chi connectivity index (χ1v) is 10.4. The number of hydrogen-bond acceptors (Lipinski definition) is 7. The lowest BCUT2D eigenvalue weighted by molar-refractivity contribution is 0.0492. The first-order valence-electron chi connectivity index (χ1n) is 9.99. The van der Waals surface area contributed by atoms with Crippen molar-refractivity contribution >= 4 is 28.2 Å². The number of imidazole rings is 1. The normalized spacial score (nSPS) is 16.0. The number of methoxy groups -OCH3 is 1. The summed E-state index contributed by atoms with van der Waals surface area (Å²) >= 11 is 6.29. The van der Waals surface area contributed by atoms with Gasteiger partial charge in [0.2, 0.25) is 5.82 Å². The Morgan fingerprint density at radius 1 is 1.39 bits per heavy atom. The lowest BCUT2D eigenvalue weighted by Gasteiger charge is -2.19. The molecule has 0 aliphatic heterocycles. The lowest BCUT2D eigenvalue weighted by atomic mass is 10.1. The van der Waals surface area contributed by atoms with Gasteiger partial charge >= 0.3 is 0 Å². The Hall–Kier alpha value is -3.22. The molecule has 0 radical (unpaired) electrons. The van der Waals surface area contributed by atoms with Crippen molar-refractivity contribution in [2.45, 2.75) is 44.8 Å². The van der Waals surface area contributed by atoms with Crippen molar-refractivity contribution in [3.8, 4) is 17.6 Å². The average Bonchev–Trinajstić information content (AvgIpc) is 3.20. The van der Waals surface area contributed by atoms with E-state index in [1.807, 2.05) is 13.8 Å². The molecule has 10 heteroatoms. The summed E-state index contributed by atoms with van der Waals surface area (Å²) in [7, 11) is 1.61. The largest absolute Gasteiger partial charge is 0.368 e. The van der Waals surface area contributed by atoms with Gasteiger partial charge < -0.3 is 13.8 Å². The molecular formula is C21H19ClN6O3. The second-order valence-electron chi connectivity index (χ2n) is 7.77. The Bertz CT molecular complexity index is 1440. The molecule has 3 aromatic heterocycles. The maximum atomic E-state index is 13.7. The van der Waals surface area contributed by atoms with Crippen molar-refractivity contribution < 1.29 is 9.26 Å². The summed E-state index contributed by atoms with van der Waals surface area (Å²) in [5, 5.41) is 14.1. The number of ether oxygens (including phenoxy) is 1. The van der Waals surface area contributed by atoms with Crippen LogP contribution in [0.2, 0.25) is 5.02 Å². The predicted molar refractivity (Wildman–Crippen MR) is 113 cm³/mol. The fourth-order valence-electron chi connectivity index (χ4n) is 3.94. The third kappa shape index (κ3) is 2.72. The Morgan fingerprint density at radius 3 is 2.81 bits per heavy atom. The molecule has 1 aliphatic rings. The molecule has 158 valence electrons. The van der Waals surface area contributed by atoms with Gasteiger partial charge in [0.25, 0.3) is 11.4 Å². The molecule has 9 nitrogen and oxygen atoms in total. The van der Waals surface area contributed by atoms with Crippen molar-refractivity contribution in [2.75, 3.05) is 7.11 Å². The minimum atomic E-state index is -0.539. The summed E-state index contributed by atoms with van der Waals surface area (Å²) in [5.41, 5.74) is 1.18. The van der Waals surface area contributed by atoms with Gasteiger partial charge in [-0.25, -0.2) is 4.98 Å². The van der Waals surface area contributed by atoms with Crippen molar-refractivity contribution in [2.24, 2.45) is 0 Å². The molecule has 3 heterocycles. The molecule has 0 spiro atoms. The van der Waals surface area contributed by atoms with E-state index in [0.717, 1.165) is 12.8 Å². The highest BCUT2D eigenvalue weighted by atomic mass is 35.5. The van der Waals surface area contributed by atoms with Crippen molar-refractivity contribution in [3.05, 3.63) is 45.3 Å². The van der Waals surface area contributed by atoms with Crippen LogP contribution >= 0.6 is 11.6 Å². The zero-order valence-electron chi connectivity index (χ0n) is 17.2. The molecule has 0 N–H and O–H groups in total. The molecule has 5 rings (SSSR count). The fraction of sp³-hybridized carbons (Fsp3) is 0.381. The van der Waals surface area contributed by atoms with E-state index in [2.05, 4.69) is 21.2 Å². The number of aromatic nitrogens is 5. The van der Waals surface area contributed by atoms with Crippen molar-refractivity contribution in [1.82, 2.24) is 24.1 Å². The van der Waals surface area contributed by atoms with Gasteiger partial charge in [0.05, 0.1) is 21.6 Å². The van der Waals surface area contributed by atoms with Crippen LogP contribution in [0, 0.1) is 11.3 Å². The van der Waals surface area contributed by atoms with Crippen LogP contribution in [0.5, 0.6) is 0 Å². The SMILES string of the molecule is CCC(C)n1c(=O)c2c(-c3noc(C4(OC)CC4)n3)ncn2c2ccc(Cl)c(C#N)c21. The van der Waals surface area contributed by atoms with Gasteiger partial charge in [-0.15, -0.1) is 0 Å². The summed E-state index contributed by atoms with van der Waals surface area (Å²) < 4.78 is 14.2. The number of nitriles is 1. The smallest absolute Gasteiger partial charge is 0.278 e. The van der Waals surface area contributed by atoms with Crippen LogP contribution in [0.3, 0.4) is 0 Å². The Kier molecular flexibility index (Phi) is 4.39. The quantitative estimate of drug-likeness (QED) is 0.465. The molecule has 1 aromatic carbocycles. The molecule has 1 atom stereocenters. The van der Waals surface area contributed by atoms with E-state index < -0.39 is 5.60 Å². The molecule has 0 amide bonds. The van der Waals surface area contributed by atoms with E-state index in [1.165, 1.54) is 6.33 Å². The van der Waals surface area contributed by atoms with Crippen LogP contribution in [0.1, 0.15) is 50.6 Å². The highest BCUT2D eigenvalue weighted by Crippen LogP contribution is 2.48. The molecule has 0 bridgehead atoms. The molecule has 1 fully saturated rings. The van der Waals surface area contributed by atoms with Gasteiger partial charge in [-0.05, 0) is 38.3 Å². The van der Waals surface area contributed by atoms with Crippen molar-refractivity contribution in [3.63, 3.8) is 0 Å². The molecule has 1 saturated carbocycles. The van der Waals surface area contributed by atoms with Crippen LogP contribution in [-0.4, -0.2) is 31.2 Å². The summed E-state index contributed by atoms with van der Waals surface area (Å²) in [6.07, 6.45) is 3.83. The molecule has 1 unspecified atom stereocenters. The molecular weight excluding hydrogens is 420 g/mol. The Labute approximate surface area is 181 Å². The Morgan fingerprint density at radius 2 is 2.16 bits per heavy atom. The third-order valence-corrected chi connectivity index (χ3v) is 6.38. The second kappa shape index (κ2) is 6.90. The lowest BCUT2D eigenvalue weighted by Crippen LogP contribution is -2.26. The summed E-state index contributed by atoms with van der Waals surface area (Å²) in [6, 6.07) is 5.40. The monoisotopic (exact) mass is 438 g/mol. The topological polar surface area (TPSA) is 111 Å². The minimum Gasteiger partial charge on any atom is -0.368 e. The minimum absolute atomic E-state index is 0.169. The van der Waals surface area contributed by atoms with Crippen LogP contribution in [-0.2, 0) is 10.3 Å². The summed E-state index contributed by atoms with van der Waals surface area (Å²) in [4.78, 5) is 22.6. The van der Waals surface area contributed by atoms with Gasteiger partial charge in [-0.3, -0.25) is 9.20 Å². The van der Waals surface area contributed by atoms with E-state index in [1.54, 1.807) is 28.2 Å². The molecule has 0 saturated heterocycles. The van der Waals surface area contributed by atoms with Crippen LogP contribution in [0.15, 0.2) is 27.8 Å². The number of fused-ring (bicyclic) bond motifs is 3. The maximum Gasteiger partial charge on any atom is 0.278 e. The fourth-order valence-corrected chi connectivity index (χ4v) is 4.14. The van der Waals surface area contributed by atoms with E-state index in [9.17, 15) is 10.1 Å². The zero-order chi connectivity index (χ0) is 21.9. The first-order chi connectivity index (χ1) is 15.0. The van der Waals surface area contributed by atoms with E-state index in [4.69, 9.17) is 20.9 Å². The number of halogens is 1. The summed E-state index contributed by atoms with van der Waals surface area (Å²) in [5.74, 6) is 0.607. The number of hydrogen-bond donors (Lipinski definition) is 0. The van der Waals surface area contributed by atoms with Gasteiger partial charge in [0.1, 0.15) is 29.2 Å². The van der Waals surface area contributed by atoms with Crippen LogP contribution in [0.25, 0.3) is 28.1 Å². The van der Waals surface area contributed by atoms with E-state index >= 15 is 0 Å². The van der Waals surface area contributed by atoms with Gasteiger partial charge in [0.15, 0.2) is 0 Å². The second-order valence-corrected chi connectivity index (χ2v) is 8.17. The zero-order valence-corrected chi connectivity index (χ0v) is 18.0. The molecule has 31 heavy (non-hydrogen) atoms. The first kappa shape index (κ1) is 19.7. The Balaban J connectivity index is 1.84. The third-order valence-electron chi connectivity index (χ3n) is 6.06. The summed E-state index contributed by atoms with van der Waals surface area (Å²) in [6.45, 7) is 3.91. The van der Waals surface area contributed by atoms with Gasteiger partial charge in [-0.2, -0.15) is 10.2 Å². The van der Waals surface area contributed by atoms with Gasteiger partial charge in [-0.1, -0.05) is 23.7 Å². The van der Waals surface area contributed by atoms with E-state index in [0.29, 0.717) is 39.6 Å². The van der Waals surface area contributed by atoms with Crippen LogP contribution < -0.4 is 5.56 Å². The number of benzene rings is 1. The van der Waals surface area contributed by atoms with E-state index in [-0.39, 0.29) is 23.0 Å². The van der Waals surface area contributed by atoms with Crippen molar-refractivity contribution in [1.29, 1.82) is 5.26 Å². The maximum absolute atomic E-state index is 13.7.